The fourth-order valence-electron chi connectivity index (χ4n) is 0.687. The van der Waals surface area contributed by atoms with Gasteiger partial charge in [0.15, 0.2) is 9.76 Å². The molecule has 5 heteroatoms. The van der Waals surface area contributed by atoms with Gasteiger partial charge in [0.2, 0.25) is 0 Å². The van der Waals surface area contributed by atoms with Crippen molar-refractivity contribution in [3.8, 4) is 0 Å². The molecule has 0 saturated carbocycles. The Hall–Kier alpha value is 1.69. The molecule has 1 fully saturated rings. The van der Waals surface area contributed by atoms with Gasteiger partial charge in [0.25, 0.3) is 0 Å². The van der Waals surface area contributed by atoms with Crippen LogP contribution in [0.3, 0.4) is 0 Å². The molecule has 0 spiro atoms. The molecule has 0 aromatic rings. The van der Waals surface area contributed by atoms with Crippen molar-refractivity contribution in [1.29, 1.82) is 0 Å². The van der Waals surface area contributed by atoms with Crippen LogP contribution in [0.2, 0.25) is 6.04 Å². The predicted octanol–water partition coefficient (Wildman–Crippen LogP) is 1.68. The second-order valence-electron chi connectivity index (χ2n) is 1.77. The van der Waals surface area contributed by atoms with Crippen LogP contribution in [-0.4, -0.2) is 16.4 Å². The minimum absolute atomic E-state index is 0.00849. The van der Waals surface area contributed by atoms with Gasteiger partial charge in [0.05, 0.1) is 0 Å². The molecule has 0 bridgehead atoms. The van der Waals surface area contributed by atoms with Gasteiger partial charge in [-0.3, -0.25) is 0 Å². The van der Waals surface area contributed by atoms with Crippen LogP contribution >= 0.6 is 16.5 Å². The predicted molar refractivity (Wildman–Crippen MR) is 40.2 cm³/mol. The van der Waals surface area contributed by atoms with Gasteiger partial charge in [-0.15, -0.1) is 0 Å². The quantitative estimate of drug-likeness (QED) is 0.587. The Morgan fingerprint density at radius 2 is 2.00 bits per heavy atom. The molecule has 1 aliphatic rings. The van der Waals surface area contributed by atoms with Gasteiger partial charge in [0.1, 0.15) is 0 Å². The van der Waals surface area contributed by atoms with Crippen molar-refractivity contribution in [1.82, 2.24) is 0 Å². The van der Waals surface area contributed by atoms with Crippen LogP contribution < -0.4 is 0 Å². The van der Waals surface area contributed by atoms with Crippen molar-refractivity contribution in [2.75, 3.05) is 6.61 Å². The van der Waals surface area contributed by atoms with E-state index in [0.29, 0.717) is 0 Å². The third kappa shape index (κ3) is 9.69. The third-order valence-corrected chi connectivity index (χ3v) is 2.44. The van der Waals surface area contributed by atoms with Gasteiger partial charge in [-0.2, -0.15) is 0 Å². The van der Waals surface area contributed by atoms with E-state index in [1.165, 1.54) is 18.9 Å². The molecule has 0 atom stereocenters. The number of halogens is 2. The summed E-state index contributed by atoms with van der Waals surface area (Å²) in [4.78, 5) is 0. The van der Waals surface area contributed by atoms with Crippen molar-refractivity contribution < 1.29 is 26.5 Å². The van der Waals surface area contributed by atoms with Gasteiger partial charge >= 0.3 is 38.6 Å². The van der Waals surface area contributed by atoms with E-state index >= 15 is 0 Å². The van der Waals surface area contributed by atoms with Gasteiger partial charge in [-0.05, 0) is 12.5 Å². The molecular formula is C4H10Cl2HgOSi. The average Bonchev–Trinajstić information content (AvgIpc) is 1.93. The first-order chi connectivity index (χ1) is 4.41. The van der Waals surface area contributed by atoms with Gasteiger partial charge in [0, 0.05) is 6.61 Å². The Morgan fingerprint density at radius 3 is 2.11 bits per heavy atom. The van der Waals surface area contributed by atoms with Crippen molar-refractivity contribution in [2.24, 2.45) is 0 Å². The molecule has 1 aliphatic heterocycles. The monoisotopic (exact) mass is 374 g/mol. The molecule has 0 aliphatic carbocycles. The standard InChI is InChI=1S/C4H10OSi.2ClH.Hg/c1-2-4-6-5-3-1;;;/h1-4,6H2;2*1H;/q;;;+2/p-2. The zero-order valence-corrected chi connectivity index (χ0v) is 13.8. The molecule has 1 saturated heterocycles. The van der Waals surface area contributed by atoms with E-state index in [1.807, 2.05) is 0 Å². The Morgan fingerprint density at radius 1 is 1.33 bits per heavy atom. The van der Waals surface area contributed by atoms with Crippen LogP contribution in [0.25, 0.3) is 0 Å². The summed E-state index contributed by atoms with van der Waals surface area (Å²) >= 11 is -1.14. The number of rotatable bonds is 0. The molecule has 9 heavy (non-hydrogen) atoms. The van der Waals surface area contributed by atoms with E-state index in [1.54, 1.807) is 0 Å². The van der Waals surface area contributed by atoms with Crippen molar-refractivity contribution >= 4 is 26.3 Å². The molecule has 0 N–H and O–H groups in total. The van der Waals surface area contributed by atoms with E-state index in [2.05, 4.69) is 0 Å². The van der Waals surface area contributed by atoms with E-state index in [0.717, 1.165) is 6.61 Å². The first-order valence-corrected chi connectivity index (χ1v) is 18.2. The van der Waals surface area contributed by atoms with Gasteiger partial charge in [-0.1, -0.05) is 6.42 Å². The molecule has 1 heterocycles. The fraction of sp³-hybridized carbons (Fsp3) is 1.00. The third-order valence-electron chi connectivity index (χ3n) is 1.08. The second kappa shape index (κ2) is 9.69. The summed E-state index contributed by atoms with van der Waals surface area (Å²) in [6.07, 6.45) is 2.75. The van der Waals surface area contributed by atoms with Crippen LogP contribution in [0, 0.1) is 0 Å². The first-order valence-electron chi connectivity index (χ1n) is 3.11. The topological polar surface area (TPSA) is 9.23 Å². The molecule has 0 aromatic heterocycles. The zero-order chi connectivity index (χ0) is 6.95. The molecular weight excluding hydrogens is 364 g/mol. The number of hydrogen-bond donors (Lipinski definition) is 0. The second-order valence-corrected chi connectivity index (χ2v) is 11.2. The van der Waals surface area contributed by atoms with E-state index in [-0.39, 0.29) is 9.76 Å². The zero-order valence-electron chi connectivity index (χ0n) is 5.41. The summed E-state index contributed by atoms with van der Waals surface area (Å²) < 4.78 is 5.21. The van der Waals surface area contributed by atoms with Gasteiger partial charge in [-0.25, -0.2) is 0 Å². The molecule has 1 nitrogen and oxygen atoms in total. The maximum atomic E-state index is 5.21. The molecule has 1 rings (SSSR count). The molecule has 0 unspecified atom stereocenters. The van der Waals surface area contributed by atoms with Crippen LogP contribution in [0.4, 0.5) is 0 Å². The summed E-state index contributed by atoms with van der Waals surface area (Å²) in [6.45, 7) is 1.06. The Labute approximate surface area is 77.7 Å². The average molecular weight is 374 g/mol. The van der Waals surface area contributed by atoms with Crippen LogP contribution in [0.1, 0.15) is 12.8 Å². The Kier molecular flexibility index (Phi) is 11.5. The normalized spacial score (nSPS) is 19.8. The summed E-state index contributed by atoms with van der Waals surface area (Å²) in [5, 5.41) is 0. The summed E-state index contributed by atoms with van der Waals surface area (Å²) in [6, 6.07) is 1.42. The van der Waals surface area contributed by atoms with E-state index < -0.39 is 22.1 Å². The van der Waals surface area contributed by atoms with Crippen LogP contribution in [0.15, 0.2) is 0 Å². The van der Waals surface area contributed by atoms with Gasteiger partial charge < -0.3 is 4.43 Å². The van der Waals surface area contributed by atoms with E-state index in [9.17, 15) is 0 Å². The first kappa shape index (κ1) is 10.7. The SMILES string of the molecule is C1CC[SiH2]OC1.[Cl][Hg][Cl]. The van der Waals surface area contributed by atoms with Crippen LogP contribution in [0.5, 0.6) is 0 Å². The summed E-state index contributed by atoms with van der Waals surface area (Å²) in [5.41, 5.74) is 0. The van der Waals surface area contributed by atoms with E-state index in [4.69, 9.17) is 20.9 Å². The summed E-state index contributed by atoms with van der Waals surface area (Å²) in [7, 11) is 9.98. The van der Waals surface area contributed by atoms with Crippen LogP contribution in [-0.2, 0) is 26.5 Å². The van der Waals surface area contributed by atoms with Crippen molar-refractivity contribution in [2.45, 2.75) is 18.9 Å². The molecule has 0 aromatic carbocycles. The molecule has 0 amide bonds. The Bertz CT molecular complexity index is 42.3. The summed E-state index contributed by atoms with van der Waals surface area (Å²) in [5.74, 6) is 0. The molecule has 0 radical (unpaired) electrons. The fourth-order valence-corrected chi connectivity index (χ4v) is 1.86. The minimum atomic E-state index is -1.14. The van der Waals surface area contributed by atoms with Crippen molar-refractivity contribution in [3.05, 3.63) is 0 Å². The Balaban J connectivity index is 0.000000187. The maximum absolute atomic E-state index is 5.21. The number of hydrogen-bond acceptors (Lipinski definition) is 1. The van der Waals surface area contributed by atoms with Crippen molar-refractivity contribution in [3.63, 3.8) is 0 Å². The molecule has 52 valence electrons.